The van der Waals surface area contributed by atoms with Crippen molar-refractivity contribution >= 4 is 11.8 Å². The van der Waals surface area contributed by atoms with E-state index in [9.17, 15) is 14.7 Å². The van der Waals surface area contributed by atoms with E-state index in [1.165, 1.54) is 12.1 Å². The molecule has 7 nitrogen and oxygen atoms in total. The molecule has 0 fully saturated rings. The van der Waals surface area contributed by atoms with Crippen molar-refractivity contribution in [1.29, 1.82) is 0 Å². The van der Waals surface area contributed by atoms with Gasteiger partial charge in [0.1, 0.15) is 11.8 Å². The number of likely N-dealkylation sites (N-methyl/N-ethyl adjacent to an activating group) is 1. The maximum absolute atomic E-state index is 12.2. The van der Waals surface area contributed by atoms with Gasteiger partial charge in [0, 0.05) is 6.42 Å². The molecule has 0 bridgehead atoms. The Morgan fingerprint density at radius 3 is 2.36 bits per heavy atom. The number of aromatic hydroxyl groups is 1. The molecule has 0 saturated carbocycles. The molecule has 0 aliphatic carbocycles. The third kappa shape index (κ3) is 5.71. The molecule has 7 N–H and O–H groups in total. The lowest BCUT2D eigenvalue weighted by atomic mass is 10.0. The molecular formula is C15H24N4O3. The van der Waals surface area contributed by atoms with Gasteiger partial charge in [-0.3, -0.25) is 9.59 Å². The third-order valence-corrected chi connectivity index (χ3v) is 3.40. The van der Waals surface area contributed by atoms with E-state index < -0.39 is 18.0 Å². The van der Waals surface area contributed by atoms with Gasteiger partial charge in [-0.05, 0) is 44.1 Å². The first-order valence-corrected chi connectivity index (χ1v) is 7.22. The molecule has 1 rings (SSSR count). The summed E-state index contributed by atoms with van der Waals surface area (Å²) in [5.41, 5.74) is 11.6. The van der Waals surface area contributed by atoms with E-state index in [2.05, 4.69) is 10.6 Å². The third-order valence-electron chi connectivity index (χ3n) is 3.40. The van der Waals surface area contributed by atoms with E-state index in [1.54, 1.807) is 19.2 Å². The molecule has 0 radical (unpaired) electrons. The van der Waals surface area contributed by atoms with Crippen molar-refractivity contribution in [2.24, 2.45) is 11.5 Å². The van der Waals surface area contributed by atoms with Gasteiger partial charge in [0.2, 0.25) is 11.8 Å². The zero-order chi connectivity index (χ0) is 16.5. The van der Waals surface area contributed by atoms with E-state index in [0.717, 1.165) is 5.56 Å². The van der Waals surface area contributed by atoms with Crippen LogP contribution >= 0.6 is 0 Å². The summed E-state index contributed by atoms with van der Waals surface area (Å²) in [4.78, 5) is 23.7. The number of rotatable bonds is 9. The zero-order valence-corrected chi connectivity index (χ0v) is 12.7. The van der Waals surface area contributed by atoms with Crippen molar-refractivity contribution in [3.05, 3.63) is 29.8 Å². The van der Waals surface area contributed by atoms with Crippen molar-refractivity contribution in [2.45, 2.75) is 31.3 Å². The molecule has 2 unspecified atom stereocenters. The lowest BCUT2D eigenvalue weighted by Gasteiger charge is -2.20. The van der Waals surface area contributed by atoms with Gasteiger partial charge in [0.15, 0.2) is 0 Å². The molecule has 0 spiro atoms. The fourth-order valence-electron chi connectivity index (χ4n) is 2.09. The molecule has 0 heterocycles. The largest absolute Gasteiger partial charge is 0.508 e. The van der Waals surface area contributed by atoms with Crippen LogP contribution in [0.3, 0.4) is 0 Å². The van der Waals surface area contributed by atoms with Crippen molar-refractivity contribution in [1.82, 2.24) is 10.6 Å². The fourth-order valence-corrected chi connectivity index (χ4v) is 2.09. The Morgan fingerprint density at radius 1 is 1.23 bits per heavy atom. The van der Waals surface area contributed by atoms with Gasteiger partial charge >= 0.3 is 0 Å². The van der Waals surface area contributed by atoms with Gasteiger partial charge in [-0.2, -0.15) is 0 Å². The summed E-state index contributed by atoms with van der Waals surface area (Å²) in [5, 5.41) is 14.8. The van der Waals surface area contributed by atoms with E-state index in [-0.39, 0.29) is 18.1 Å². The molecule has 0 saturated heterocycles. The summed E-state index contributed by atoms with van der Waals surface area (Å²) < 4.78 is 0. The van der Waals surface area contributed by atoms with Gasteiger partial charge in [-0.15, -0.1) is 0 Å². The first-order chi connectivity index (χ1) is 10.5. The molecule has 0 aliphatic rings. The molecule has 0 aliphatic heterocycles. The molecule has 122 valence electrons. The number of phenols is 1. The second-order valence-electron chi connectivity index (χ2n) is 5.11. The van der Waals surface area contributed by atoms with Crippen LogP contribution in [-0.4, -0.2) is 42.6 Å². The summed E-state index contributed by atoms with van der Waals surface area (Å²) in [7, 11) is 1.68. The number of amides is 2. The minimum absolute atomic E-state index is 0.139. The average molecular weight is 308 g/mol. The Bertz CT molecular complexity index is 490. The van der Waals surface area contributed by atoms with E-state index in [4.69, 9.17) is 11.5 Å². The molecule has 1 aromatic carbocycles. The highest BCUT2D eigenvalue weighted by Crippen LogP contribution is 2.11. The Kier molecular flexibility index (Phi) is 7.34. The first kappa shape index (κ1) is 17.9. The van der Waals surface area contributed by atoms with Gasteiger partial charge in [-0.25, -0.2) is 0 Å². The number of phenolic OH excluding ortho intramolecular Hbond substituents is 1. The number of carbonyl (C=O) groups excluding carboxylic acids is 2. The standard InChI is InChI=1S/C15H24N4O3/c1-18-12(3-2-8-16)15(22)19-13(14(17)21)9-10-4-6-11(20)7-5-10/h4-7,12-13,18,20H,2-3,8-9,16H2,1H3,(H2,17,21)(H,19,22). The minimum Gasteiger partial charge on any atom is -0.508 e. The van der Waals surface area contributed by atoms with Crippen molar-refractivity contribution in [3.63, 3.8) is 0 Å². The summed E-state index contributed by atoms with van der Waals surface area (Å²) >= 11 is 0. The summed E-state index contributed by atoms with van der Waals surface area (Å²) in [5.74, 6) is -0.742. The van der Waals surface area contributed by atoms with E-state index >= 15 is 0 Å². The number of hydrogen-bond donors (Lipinski definition) is 5. The molecule has 1 aromatic rings. The van der Waals surface area contributed by atoms with Crippen LogP contribution in [0.15, 0.2) is 24.3 Å². The lowest BCUT2D eigenvalue weighted by molar-refractivity contribution is -0.128. The Morgan fingerprint density at radius 2 is 1.86 bits per heavy atom. The number of nitrogens with two attached hydrogens (primary N) is 2. The molecule has 7 heteroatoms. The fraction of sp³-hybridized carbons (Fsp3) is 0.467. The molecular weight excluding hydrogens is 284 g/mol. The van der Waals surface area contributed by atoms with Crippen LogP contribution in [-0.2, 0) is 16.0 Å². The smallest absolute Gasteiger partial charge is 0.240 e. The zero-order valence-electron chi connectivity index (χ0n) is 12.7. The van der Waals surface area contributed by atoms with Crippen LogP contribution < -0.4 is 22.1 Å². The van der Waals surface area contributed by atoms with Crippen LogP contribution in [0.5, 0.6) is 5.75 Å². The SMILES string of the molecule is CNC(CCCN)C(=O)NC(Cc1ccc(O)cc1)C(N)=O. The highest BCUT2D eigenvalue weighted by molar-refractivity contribution is 5.89. The predicted octanol–water partition coefficient (Wildman–Crippen LogP) is -0.768. The van der Waals surface area contributed by atoms with E-state index in [1.807, 2.05) is 0 Å². The van der Waals surface area contributed by atoms with Crippen LogP contribution in [0, 0.1) is 0 Å². The van der Waals surface area contributed by atoms with Gasteiger partial charge < -0.3 is 27.2 Å². The molecule has 2 amide bonds. The highest BCUT2D eigenvalue weighted by atomic mass is 16.3. The van der Waals surface area contributed by atoms with E-state index in [0.29, 0.717) is 19.4 Å². The molecule has 2 atom stereocenters. The number of hydrogen-bond acceptors (Lipinski definition) is 5. The number of nitrogens with one attached hydrogen (secondary N) is 2. The van der Waals surface area contributed by atoms with Gasteiger partial charge in [0.05, 0.1) is 6.04 Å². The predicted molar refractivity (Wildman–Crippen MR) is 84.1 cm³/mol. The maximum Gasteiger partial charge on any atom is 0.240 e. The van der Waals surface area contributed by atoms with Crippen LogP contribution in [0.1, 0.15) is 18.4 Å². The van der Waals surface area contributed by atoms with Gasteiger partial charge in [-0.1, -0.05) is 12.1 Å². The van der Waals surface area contributed by atoms with Crippen LogP contribution in [0.2, 0.25) is 0 Å². The van der Waals surface area contributed by atoms with Crippen LogP contribution in [0.4, 0.5) is 0 Å². The second-order valence-corrected chi connectivity index (χ2v) is 5.11. The Labute approximate surface area is 130 Å². The van der Waals surface area contributed by atoms with Crippen molar-refractivity contribution < 1.29 is 14.7 Å². The Hall–Kier alpha value is -2.12. The maximum atomic E-state index is 12.2. The van der Waals surface area contributed by atoms with Crippen molar-refractivity contribution in [3.8, 4) is 5.75 Å². The normalized spacial score (nSPS) is 13.4. The average Bonchev–Trinajstić information content (AvgIpc) is 2.49. The van der Waals surface area contributed by atoms with Crippen LogP contribution in [0.25, 0.3) is 0 Å². The number of primary amides is 1. The summed E-state index contributed by atoms with van der Waals surface area (Å²) in [6, 6.07) is 5.19. The minimum atomic E-state index is -0.800. The molecule has 22 heavy (non-hydrogen) atoms. The first-order valence-electron chi connectivity index (χ1n) is 7.22. The second kappa shape index (κ2) is 9.01. The van der Waals surface area contributed by atoms with Crippen molar-refractivity contribution in [2.75, 3.05) is 13.6 Å². The number of carbonyl (C=O) groups is 2. The topological polar surface area (TPSA) is 130 Å². The highest BCUT2D eigenvalue weighted by Gasteiger charge is 2.23. The number of benzene rings is 1. The quantitative estimate of drug-likeness (QED) is 0.409. The summed E-state index contributed by atoms with van der Waals surface area (Å²) in [6.45, 7) is 0.498. The summed E-state index contributed by atoms with van der Waals surface area (Å²) in [6.07, 6.45) is 1.57. The van der Waals surface area contributed by atoms with Gasteiger partial charge in [0.25, 0.3) is 0 Å². The molecule has 0 aromatic heterocycles. The Balaban J connectivity index is 2.68. The lowest BCUT2D eigenvalue weighted by Crippen LogP contribution is -2.52. The monoisotopic (exact) mass is 308 g/mol.